The molecule has 1 heterocycles. The van der Waals surface area contributed by atoms with E-state index in [1.54, 1.807) is 0 Å². The second-order valence-electron chi connectivity index (χ2n) is 8.83. The van der Waals surface area contributed by atoms with Crippen molar-refractivity contribution < 1.29 is 9.59 Å². The number of anilines is 3. The zero-order chi connectivity index (χ0) is 24.2. The molecule has 2 N–H and O–H groups in total. The second-order valence-corrected chi connectivity index (χ2v) is 8.83. The molecule has 5 rings (SSSR count). The lowest BCUT2D eigenvalue weighted by Gasteiger charge is -2.36. The van der Waals surface area contributed by atoms with E-state index in [4.69, 9.17) is 0 Å². The van der Waals surface area contributed by atoms with Gasteiger partial charge in [0.15, 0.2) is 0 Å². The fraction of sp³-hybridized carbons (Fsp3) is 0.172. The Morgan fingerprint density at radius 3 is 1.94 bits per heavy atom. The van der Waals surface area contributed by atoms with Crippen LogP contribution >= 0.6 is 0 Å². The highest BCUT2D eigenvalue weighted by atomic mass is 16.2. The first-order valence-corrected chi connectivity index (χ1v) is 11.8. The van der Waals surface area contributed by atoms with E-state index in [1.165, 1.54) is 0 Å². The van der Waals surface area contributed by atoms with E-state index in [2.05, 4.69) is 21.6 Å². The summed E-state index contributed by atoms with van der Waals surface area (Å²) in [6.45, 7) is 4.88. The molecule has 0 radical (unpaired) electrons. The Morgan fingerprint density at radius 1 is 0.686 bits per heavy atom. The van der Waals surface area contributed by atoms with Crippen molar-refractivity contribution in [2.75, 3.05) is 41.7 Å². The van der Waals surface area contributed by atoms with Gasteiger partial charge in [0, 0.05) is 48.8 Å². The van der Waals surface area contributed by atoms with Crippen LogP contribution in [0.25, 0.3) is 10.8 Å². The number of urea groups is 1. The normalized spacial score (nSPS) is 13.5. The highest BCUT2D eigenvalue weighted by molar-refractivity contribution is 6.00. The predicted molar refractivity (Wildman–Crippen MR) is 142 cm³/mol. The Hall–Kier alpha value is -4.32. The smallest absolute Gasteiger partial charge is 0.323 e. The topological polar surface area (TPSA) is 64.7 Å². The quantitative estimate of drug-likeness (QED) is 0.404. The van der Waals surface area contributed by atoms with E-state index >= 15 is 0 Å². The van der Waals surface area contributed by atoms with Gasteiger partial charge in [-0.1, -0.05) is 48.0 Å². The molecule has 1 aliphatic rings. The maximum atomic E-state index is 13.0. The Labute approximate surface area is 205 Å². The standard InChI is InChI=1S/C29H28N4O2/c1-21-6-10-25(11-7-21)30-29(35)31-26-12-14-27(15-13-26)32-16-18-33(19-17-32)28(34)24-9-8-22-4-2-3-5-23(22)20-24/h2-15,20H,16-19H2,1H3,(H2,30,31,35). The molecule has 0 aliphatic carbocycles. The molecule has 0 unspecified atom stereocenters. The summed E-state index contributed by atoms with van der Waals surface area (Å²) < 4.78 is 0. The lowest BCUT2D eigenvalue weighted by Crippen LogP contribution is -2.48. The van der Waals surface area contributed by atoms with Crippen molar-refractivity contribution in [1.82, 2.24) is 4.90 Å². The average Bonchev–Trinajstić information content (AvgIpc) is 2.90. The maximum Gasteiger partial charge on any atom is 0.323 e. The highest BCUT2D eigenvalue weighted by Crippen LogP contribution is 2.22. The van der Waals surface area contributed by atoms with E-state index in [9.17, 15) is 9.59 Å². The first-order valence-electron chi connectivity index (χ1n) is 11.8. The molecule has 1 fully saturated rings. The molecule has 0 spiro atoms. The highest BCUT2D eigenvalue weighted by Gasteiger charge is 2.22. The van der Waals surface area contributed by atoms with Crippen molar-refractivity contribution in [2.24, 2.45) is 0 Å². The summed E-state index contributed by atoms with van der Waals surface area (Å²) in [5, 5.41) is 7.92. The van der Waals surface area contributed by atoms with Gasteiger partial charge in [0.2, 0.25) is 0 Å². The third kappa shape index (κ3) is 5.27. The summed E-state index contributed by atoms with van der Waals surface area (Å²) in [6, 6.07) is 29.2. The Bertz CT molecular complexity index is 1340. The molecular formula is C29H28N4O2. The number of fused-ring (bicyclic) bond motifs is 1. The number of nitrogens with one attached hydrogen (secondary N) is 2. The van der Waals surface area contributed by atoms with Crippen molar-refractivity contribution in [3.05, 3.63) is 102 Å². The number of benzene rings is 4. The average molecular weight is 465 g/mol. The number of hydrogen-bond donors (Lipinski definition) is 2. The molecule has 176 valence electrons. The fourth-order valence-electron chi connectivity index (χ4n) is 4.36. The molecule has 0 aromatic heterocycles. The molecule has 6 heteroatoms. The number of rotatable bonds is 4. The van der Waals surface area contributed by atoms with E-state index in [0.29, 0.717) is 13.1 Å². The van der Waals surface area contributed by atoms with E-state index < -0.39 is 0 Å². The third-order valence-electron chi connectivity index (χ3n) is 6.36. The molecule has 4 aromatic carbocycles. The van der Waals surface area contributed by atoms with Gasteiger partial charge in [-0.25, -0.2) is 4.79 Å². The molecule has 4 aromatic rings. The Kier molecular flexibility index (Phi) is 6.35. The van der Waals surface area contributed by atoms with Crippen LogP contribution in [0.3, 0.4) is 0 Å². The van der Waals surface area contributed by atoms with Crippen LogP contribution in [0.1, 0.15) is 15.9 Å². The molecule has 0 bridgehead atoms. The third-order valence-corrected chi connectivity index (χ3v) is 6.36. The largest absolute Gasteiger partial charge is 0.368 e. The Balaban J connectivity index is 1.15. The van der Waals surface area contributed by atoms with Gasteiger partial charge in [0.25, 0.3) is 5.91 Å². The van der Waals surface area contributed by atoms with E-state index in [-0.39, 0.29) is 11.9 Å². The minimum absolute atomic E-state index is 0.0783. The van der Waals surface area contributed by atoms with Crippen molar-refractivity contribution in [3.63, 3.8) is 0 Å². The molecule has 35 heavy (non-hydrogen) atoms. The molecule has 1 aliphatic heterocycles. The molecule has 6 nitrogen and oxygen atoms in total. The van der Waals surface area contributed by atoms with Crippen LogP contribution in [-0.4, -0.2) is 43.0 Å². The number of piperazine rings is 1. The lowest BCUT2D eigenvalue weighted by atomic mass is 10.1. The van der Waals surface area contributed by atoms with Crippen molar-refractivity contribution in [3.8, 4) is 0 Å². The number of amides is 3. The lowest BCUT2D eigenvalue weighted by molar-refractivity contribution is 0.0747. The summed E-state index contributed by atoms with van der Waals surface area (Å²) in [4.78, 5) is 29.5. The molecular weight excluding hydrogens is 436 g/mol. The minimum atomic E-state index is -0.276. The number of hydrogen-bond acceptors (Lipinski definition) is 3. The summed E-state index contributed by atoms with van der Waals surface area (Å²) in [6.07, 6.45) is 0. The van der Waals surface area contributed by atoms with Gasteiger partial charge in [0.05, 0.1) is 0 Å². The van der Waals surface area contributed by atoms with Crippen molar-refractivity contribution in [2.45, 2.75) is 6.92 Å². The van der Waals surface area contributed by atoms with Gasteiger partial charge in [-0.3, -0.25) is 4.79 Å². The van der Waals surface area contributed by atoms with Crippen LogP contribution < -0.4 is 15.5 Å². The van der Waals surface area contributed by atoms with Crippen LogP contribution in [0, 0.1) is 6.92 Å². The van der Waals surface area contributed by atoms with E-state index in [0.717, 1.165) is 52.1 Å². The number of aryl methyl sites for hydroxylation is 1. The monoisotopic (exact) mass is 464 g/mol. The second kappa shape index (κ2) is 9.89. The van der Waals surface area contributed by atoms with Crippen LogP contribution in [0.5, 0.6) is 0 Å². The number of nitrogens with zero attached hydrogens (tertiary/aromatic N) is 2. The van der Waals surface area contributed by atoms with E-state index in [1.807, 2.05) is 96.8 Å². The van der Waals surface area contributed by atoms with Crippen molar-refractivity contribution in [1.29, 1.82) is 0 Å². The molecule has 0 saturated carbocycles. The van der Waals surface area contributed by atoms with Gasteiger partial charge in [-0.2, -0.15) is 0 Å². The van der Waals surface area contributed by atoms with Crippen LogP contribution in [0.2, 0.25) is 0 Å². The maximum absolute atomic E-state index is 13.0. The molecule has 0 atom stereocenters. The van der Waals surface area contributed by atoms with Crippen molar-refractivity contribution >= 4 is 39.8 Å². The van der Waals surface area contributed by atoms with Gasteiger partial charge >= 0.3 is 6.03 Å². The zero-order valence-electron chi connectivity index (χ0n) is 19.7. The molecule has 1 saturated heterocycles. The van der Waals surface area contributed by atoms with Gasteiger partial charge in [-0.05, 0) is 66.2 Å². The van der Waals surface area contributed by atoms with Gasteiger partial charge in [0.1, 0.15) is 0 Å². The first kappa shape index (κ1) is 22.5. The molecule has 3 amide bonds. The van der Waals surface area contributed by atoms with Crippen LogP contribution in [-0.2, 0) is 0 Å². The van der Waals surface area contributed by atoms with Gasteiger partial charge < -0.3 is 20.4 Å². The number of carbonyl (C=O) groups excluding carboxylic acids is 2. The SMILES string of the molecule is Cc1ccc(NC(=O)Nc2ccc(N3CCN(C(=O)c4ccc5ccccc5c4)CC3)cc2)cc1. The van der Waals surface area contributed by atoms with Gasteiger partial charge in [-0.15, -0.1) is 0 Å². The minimum Gasteiger partial charge on any atom is -0.368 e. The predicted octanol–water partition coefficient (Wildman–Crippen LogP) is 5.75. The summed E-state index contributed by atoms with van der Waals surface area (Å²) in [5.74, 6) is 0.0783. The number of carbonyl (C=O) groups is 2. The Morgan fingerprint density at radius 2 is 1.29 bits per heavy atom. The fourth-order valence-corrected chi connectivity index (χ4v) is 4.36. The summed E-state index contributed by atoms with van der Waals surface area (Å²) >= 11 is 0. The summed E-state index contributed by atoms with van der Waals surface area (Å²) in [5.41, 5.74) is 4.43. The van der Waals surface area contributed by atoms with Crippen LogP contribution in [0.15, 0.2) is 91.0 Å². The zero-order valence-corrected chi connectivity index (χ0v) is 19.7. The summed E-state index contributed by atoms with van der Waals surface area (Å²) in [7, 11) is 0. The first-order chi connectivity index (χ1) is 17.0. The van der Waals surface area contributed by atoms with Crippen LogP contribution in [0.4, 0.5) is 21.9 Å².